The summed E-state index contributed by atoms with van der Waals surface area (Å²) in [7, 11) is 0. The number of halogens is 2. The molecule has 2 rings (SSSR count). The smallest absolute Gasteiger partial charge is 0.310 e. The number of likely N-dealkylation sites (tertiary alicyclic amines) is 1. The average Bonchev–Trinajstić information content (AvgIpc) is 2.79. The third-order valence-corrected chi connectivity index (χ3v) is 4.77. The first-order chi connectivity index (χ1) is 9.48. The first-order valence-electron chi connectivity index (χ1n) is 6.87. The van der Waals surface area contributed by atoms with Crippen molar-refractivity contribution in [1.29, 1.82) is 0 Å². The van der Waals surface area contributed by atoms with Crippen molar-refractivity contribution in [3.05, 3.63) is 33.8 Å². The number of benzene rings is 1. The van der Waals surface area contributed by atoms with Crippen LogP contribution in [0.15, 0.2) is 18.2 Å². The summed E-state index contributed by atoms with van der Waals surface area (Å²) < 4.78 is 0. The van der Waals surface area contributed by atoms with Crippen LogP contribution in [0.1, 0.15) is 31.7 Å². The topological polar surface area (TPSA) is 40.5 Å². The second-order valence-electron chi connectivity index (χ2n) is 5.50. The molecule has 0 radical (unpaired) electrons. The number of rotatable bonds is 5. The zero-order valence-corrected chi connectivity index (χ0v) is 13.0. The normalized spacial score (nSPS) is 23.1. The van der Waals surface area contributed by atoms with Crippen LogP contribution in [0.2, 0.25) is 10.0 Å². The molecule has 1 heterocycles. The van der Waals surface area contributed by atoms with E-state index in [0.29, 0.717) is 29.6 Å². The van der Waals surface area contributed by atoms with Gasteiger partial charge in [0.1, 0.15) is 0 Å². The molecule has 0 bridgehead atoms. The summed E-state index contributed by atoms with van der Waals surface area (Å²) in [6.07, 6.45) is 2.29. The van der Waals surface area contributed by atoms with Gasteiger partial charge in [-0.2, -0.15) is 0 Å². The van der Waals surface area contributed by atoms with Gasteiger partial charge < -0.3 is 5.11 Å². The van der Waals surface area contributed by atoms with E-state index in [-0.39, 0.29) is 0 Å². The van der Waals surface area contributed by atoms with Crippen LogP contribution in [0.3, 0.4) is 0 Å². The monoisotopic (exact) mass is 315 g/mol. The molecule has 1 unspecified atom stereocenters. The minimum atomic E-state index is -0.688. The quantitative estimate of drug-likeness (QED) is 0.890. The van der Waals surface area contributed by atoms with Gasteiger partial charge in [0.15, 0.2) is 0 Å². The van der Waals surface area contributed by atoms with Gasteiger partial charge in [0.2, 0.25) is 0 Å². The molecule has 3 nitrogen and oxygen atoms in total. The molecule has 20 heavy (non-hydrogen) atoms. The van der Waals surface area contributed by atoms with Gasteiger partial charge in [-0.3, -0.25) is 9.69 Å². The first kappa shape index (κ1) is 15.6. The molecule has 0 spiro atoms. The van der Waals surface area contributed by atoms with E-state index in [2.05, 4.69) is 4.90 Å². The molecule has 1 atom stereocenters. The van der Waals surface area contributed by atoms with Crippen LogP contribution in [-0.2, 0) is 11.3 Å². The minimum absolute atomic E-state index is 0.567. The second kappa shape index (κ2) is 6.33. The summed E-state index contributed by atoms with van der Waals surface area (Å²) in [5.41, 5.74) is 0.274. The van der Waals surface area contributed by atoms with E-state index >= 15 is 0 Å². The second-order valence-corrected chi connectivity index (χ2v) is 6.31. The highest BCUT2D eigenvalue weighted by Gasteiger charge is 2.43. The maximum absolute atomic E-state index is 11.6. The van der Waals surface area contributed by atoms with Crippen molar-refractivity contribution < 1.29 is 9.90 Å². The summed E-state index contributed by atoms with van der Waals surface area (Å²) in [6, 6.07) is 5.45. The molecule has 1 saturated heterocycles. The van der Waals surface area contributed by atoms with Gasteiger partial charge in [-0.15, -0.1) is 0 Å². The predicted molar refractivity (Wildman–Crippen MR) is 81.3 cm³/mol. The van der Waals surface area contributed by atoms with Gasteiger partial charge in [-0.25, -0.2) is 0 Å². The highest BCUT2D eigenvalue weighted by molar-refractivity contribution is 6.35. The zero-order valence-electron chi connectivity index (χ0n) is 11.5. The molecule has 0 amide bonds. The summed E-state index contributed by atoms with van der Waals surface area (Å²) in [6.45, 7) is 3.97. The summed E-state index contributed by atoms with van der Waals surface area (Å²) in [4.78, 5) is 13.7. The van der Waals surface area contributed by atoms with E-state index in [1.807, 2.05) is 25.1 Å². The van der Waals surface area contributed by atoms with Crippen molar-refractivity contribution in [3.8, 4) is 0 Å². The van der Waals surface area contributed by atoms with Gasteiger partial charge in [0.25, 0.3) is 0 Å². The number of carboxylic acid groups (broad SMARTS) is 1. The average molecular weight is 316 g/mol. The summed E-state index contributed by atoms with van der Waals surface area (Å²) >= 11 is 12.4. The lowest BCUT2D eigenvalue weighted by molar-refractivity contribution is -0.148. The Balaban J connectivity index is 2.12. The number of carboxylic acids is 1. The summed E-state index contributed by atoms with van der Waals surface area (Å²) in [5, 5.41) is 10.8. The van der Waals surface area contributed by atoms with Crippen molar-refractivity contribution in [1.82, 2.24) is 4.90 Å². The lowest BCUT2D eigenvalue weighted by atomic mass is 9.83. The van der Waals surface area contributed by atoms with Crippen LogP contribution in [0.5, 0.6) is 0 Å². The Morgan fingerprint density at radius 2 is 2.05 bits per heavy atom. The highest BCUT2D eigenvalue weighted by Crippen LogP contribution is 2.37. The van der Waals surface area contributed by atoms with Crippen molar-refractivity contribution in [3.63, 3.8) is 0 Å². The van der Waals surface area contributed by atoms with Gasteiger partial charge in [-0.05, 0) is 31.5 Å². The molecule has 1 fully saturated rings. The lowest BCUT2D eigenvalue weighted by Gasteiger charge is -2.24. The van der Waals surface area contributed by atoms with Gasteiger partial charge in [0.05, 0.1) is 5.41 Å². The van der Waals surface area contributed by atoms with Gasteiger partial charge in [-0.1, -0.05) is 42.6 Å². The van der Waals surface area contributed by atoms with E-state index in [1.165, 1.54) is 0 Å². The maximum Gasteiger partial charge on any atom is 0.310 e. The molecule has 0 aromatic heterocycles. The third kappa shape index (κ3) is 3.11. The Kier molecular flexibility index (Phi) is 4.95. The number of nitrogens with zero attached hydrogens (tertiary/aromatic N) is 1. The molecule has 0 aliphatic carbocycles. The molecular weight excluding hydrogens is 297 g/mol. The molecule has 0 saturated carbocycles. The Bertz CT molecular complexity index is 486. The molecule has 1 aromatic rings. The van der Waals surface area contributed by atoms with Gasteiger partial charge >= 0.3 is 5.97 Å². The number of hydrogen-bond acceptors (Lipinski definition) is 2. The fourth-order valence-electron chi connectivity index (χ4n) is 2.96. The number of aliphatic carboxylic acids is 1. The van der Waals surface area contributed by atoms with E-state index < -0.39 is 11.4 Å². The predicted octanol–water partition coefficient (Wildman–Crippen LogP) is 4.07. The molecular formula is C15H19Cl2NO2. The minimum Gasteiger partial charge on any atom is -0.481 e. The van der Waals surface area contributed by atoms with Crippen molar-refractivity contribution in [2.24, 2.45) is 5.41 Å². The van der Waals surface area contributed by atoms with Crippen molar-refractivity contribution in [2.75, 3.05) is 13.1 Å². The number of hydrogen-bond donors (Lipinski definition) is 1. The molecule has 1 N–H and O–H groups in total. The molecule has 1 aromatic carbocycles. The van der Waals surface area contributed by atoms with Crippen LogP contribution < -0.4 is 0 Å². The Morgan fingerprint density at radius 3 is 2.60 bits per heavy atom. The molecule has 5 heteroatoms. The zero-order chi connectivity index (χ0) is 14.8. The third-order valence-electron chi connectivity index (χ3n) is 4.06. The van der Waals surface area contributed by atoms with Crippen molar-refractivity contribution in [2.45, 2.75) is 32.7 Å². The Labute approximate surface area is 129 Å². The van der Waals surface area contributed by atoms with E-state index in [9.17, 15) is 9.90 Å². The largest absolute Gasteiger partial charge is 0.481 e. The lowest BCUT2D eigenvalue weighted by Crippen LogP contribution is -2.34. The standard InChI is InChI=1S/C15H19Cl2NO2/c1-2-6-15(14(19)20)7-8-18(10-15)9-11-12(16)4-3-5-13(11)17/h3-5H,2,6-10H2,1H3,(H,19,20). The maximum atomic E-state index is 11.6. The van der Waals surface area contributed by atoms with Gasteiger partial charge in [0, 0.05) is 28.7 Å². The SMILES string of the molecule is CCCC1(C(=O)O)CCN(Cc2c(Cl)cccc2Cl)C1. The molecule has 110 valence electrons. The summed E-state index contributed by atoms with van der Waals surface area (Å²) in [5.74, 6) is -0.688. The van der Waals surface area contributed by atoms with Crippen LogP contribution in [-0.4, -0.2) is 29.1 Å². The number of carbonyl (C=O) groups is 1. The van der Waals surface area contributed by atoms with Crippen LogP contribution in [0, 0.1) is 5.41 Å². The first-order valence-corrected chi connectivity index (χ1v) is 7.63. The molecule has 1 aliphatic rings. The fourth-order valence-corrected chi connectivity index (χ4v) is 3.48. The van der Waals surface area contributed by atoms with E-state index in [4.69, 9.17) is 23.2 Å². The van der Waals surface area contributed by atoms with E-state index in [0.717, 1.165) is 24.9 Å². The van der Waals surface area contributed by atoms with E-state index in [1.54, 1.807) is 0 Å². The highest BCUT2D eigenvalue weighted by atomic mass is 35.5. The van der Waals surface area contributed by atoms with Crippen molar-refractivity contribution >= 4 is 29.2 Å². The van der Waals surface area contributed by atoms with Crippen LogP contribution in [0.4, 0.5) is 0 Å². The fraction of sp³-hybridized carbons (Fsp3) is 0.533. The Morgan fingerprint density at radius 1 is 1.40 bits per heavy atom. The van der Waals surface area contributed by atoms with Crippen LogP contribution >= 0.6 is 23.2 Å². The molecule has 1 aliphatic heterocycles. The Hall–Kier alpha value is -0.770. The van der Waals surface area contributed by atoms with Crippen LogP contribution in [0.25, 0.3) is 0 Å².